The van der Waals surface area contributed by atoms with Crippen molar-refractivity contribution >= 4 is 45.9 Å². The van der Waals surface area contributed by atoms with Crippen molar-refractivity contribution in [3.63, 3.8) is 0 Å². The van der Waals surface area contributed by atoms with Crippen LogP contribution in [0.1, 0.15) is 95.4 Å². The number of anilines is 1. The summed E-state index contributed by atoms with van der Waals surface area (Å²) in [5.41, 5.74) is 9.44. The average Bonchev–Trinajstić information content (AvgIpc) is 3.88. The van der Waals surface area contributed by atoms with Gasteiger partial charge in [0.05, 0.1) is 19.1 Å². The zero-order valence-corrected chi connectivity index (χ0v) is 34.0. The van der Waals surface area contributed by atoms with Crippen LogP contribution in [0.25, 0.3) is 16.6 Å². The summed E-state index contributed by atoms with van der Waals surface area (Å²) in [6.45, 7) is 10.8. The van der Waals surface area contributed by atoms with Gasteiger partial charge in [-0.1, -0.05) is 36.9 Å². The molecular formula is C47H51F2N7O4. The van der Waals surface area contributed by atoms with E-state index in [0.717, 1.165) is 91.9 Å². The Bertz CT molecular complexity index is 2370. The van der Waals surface area contributed by atoms with Gasteiger partial charge in [-0.2, -0.15) is 0 Å². The summed E-state index contributed by atoms with van der Waals surface area (Å²) in [4.78, 5) is 65.0. The van der Waals surface area contributed by atoms with E-state index < -0.39 is 18.4 Å². The standard InChI is InChI=1S/C47H51F2N7O4/c1-28-21-36-34-5-3-4-6-38(34)50-43(36)44(55(28)26-40(48)49)30-7-9-33(10-8-30)53-17-13-47(14-18-53)15-19-54(20-16-47)42(58)27-52-24-31-22-35-29(2)56(39-11-12-41(57)51-45(39)59)46(60)37(35)23-32(31)25-52/h3-10,22-23,28,39-40,44,50H,2,11-21,24-27H2,1H3,(H,51,57,59)/t28-,39?,44?/m1/s1. The Labute approximate surface area is 348 Å². The van der Waals surface area contributed by atoms with E-state index in [9.17, 15) is 28.0 Å². The Morgan fingerprint density at radius 2 is 1.60 bits per heavy atom. The van der Waals surface area contributed by atoms with E-state index in [1.165, 1.54) is 15.8 Å². The maximum atomic E-state index is 13.9. The highest BCUT2D eigenvalue weighted by Gasteiger charge is 2.44. The minimum Gasteiger partial charge on any atom is -0.371 e. The highest BCUT2D eigenvalue weighted by Crippen LogP contribution is 2.45. The lowest BCUT2D eigenvalue weighted by Gasteiger charge is -2.47. The quantitative estimate of drug-likeness (QED) is 0.213. The summed E-state index contributed by atoms with van der Waals surface area (Å²) in [5.74, 6) is -0.943. The molecule has 60 heavy (non-hydrogen) atoms. The lowest BCUT2D eigenvalue weighted by atomic mass is 9.71. The van der Waals surface area contributed by atoms with E-state index in [1.54, 1.807) is 0 Å². The third-order valence-electron chi connectivity index (χ3n) is 14.5. The number of hydrogen-bond donors (Lipinski definition) is 2. The maximum Gasteiger partial charge on any atom is 0.259 e. The molecule has 3 aromatic carbocycles. The summed E-state index contributed by atoms with van der Waals surface area (Å²) in [7, 11) is 0. The third kappa shape index (κ3) is 6.70. The van der Waals surface area contributed by atoms with Crippen LogP contribution in [0.3, 0.4) is 0 Å². The minimum atomic E-state index is -2.42. The highest BCUT2D eigenvalue weighted by molar-refractivity contribution is 6.12. The van der Waals surface area contributed by atoms with Crippen molar-refractivity contribution in [1.82, 2.24) is 29.9 Å². The van der Waals surface area contributed by atoms with Crippen LogP contribution in [0.2, 0.25) is 0 Å². The summed E-state index contributed by atoms with van der Waals surface area (Å²) < 4.78 is 27.9. The van der Waals surface area contributed by atoms with Crippen molar-refractivity contribution in [2.45, 2.75) is 89.5 Å². The molecule has 0 saturated carbocycles. The molecule has 6 aliphatic heterocycles. The van der Waals surface area contributed by atoms with Gasteiger partial charge in [-0.15, -0.1) is 0 Å². The lowest BCUT2D eigenvalue weighted by molar-refractivity contribution is -0.136. The first-order chi connectivity index (χ1) is 28.9. The number of piperidine rings is 3. The fourth-order valence-electron chi connectivity index (χ4n) is 11.1. The zero-order chi connectivity index (χ0) is 41.4. The van der Waals surface area contributed by atoms with Crippen molar-refractivity contribution in [2.24, 2.45) is 5.41 Å². The molecule has 3 fully saturated rings. The number of fused-ring (bicyclic) bond motifs is 5. The van der Waals surface area contributed by atoms with Gasteiger partial charge in [0.2, 0.25) is 17.7 Å². The third-order valence-corrected chi connectivity index (χ3v) is 14.5. The van der Waals surface area contributed by atoms with Gasteiger partial charge < -0.3 is 14.8 Å². The first kappa shape index (κ1) is 38.8. The van der Waals surface area contributed by atoms with Crippen LogP contribution in [-0.2, 0) is 33.9 Å². The molecule has 1 aromatic heterocycles. The Morgan fingerprint density at radius 1 is 0.917 bits per heavy atom. The fraction of sp³-hybridized carbons (Fsp3) is 0.447. The van der Waals surface area contributed by atoms with E-state index in [4.69, 9.17) is 0 Å². The molecule has 3 atom stereocenters. The Morgan fingerprint density at radius 3 is 2.30 bits per heavy atom. The molecule has 2 N–H and O–H groups in total. The average molecular weight is 816 g/mol. The number of rotatable bonds is 7. The van der Waals surface area contributed by atoms with Gasteiger partial charge in [-0.05, 0) is 103 Å². The van der Waals surface area contributed by atoms with Crippen LogP contribution in [-0.4, -0.2) is 106 Å². The number of imide groups is 1. The second kappa shape index (κ2) is 14.9. The molecule has 1 spiro atoms. The Kier molecular flexibility index (Phi) is 9.66. The number of benzene rings is 3. The first-order valence-electron chi connectivity index (χ1n) is 21.5. The number of carbonyl (C=O) groups is 4. The molecule has 4 aromatic rings. The number of aromatic amines is 1. The number of nitrogens with one attached hydrogen (secondary N) is 2. The van der Waals surface area contributed by atoms with Crippen LogP contribution in [0.4, 0.5) is 14.5 Å². The summed E-state index contributed by atoms with van der Waals surface area (Å²) in [6, 6.07) is 19.6. The van der Waals surface area contributed by atoms with Gasteiger partial charge in [-0.3, -0.25) is 39.2 Å². The molecule has 0 aliphatic carbocycles. The largest absolute Gasteiger partial charge is 0.371 e. The van der Waals surface area contributed by atoms with Gasteiger partial charge in [0.25, 0.3) is 12.3 Å². The normalized spacial score (nSPS) is 24.4. The van der Waals surface area contributed by atoms with Crippen LogP contribution < -0.4 is 10.2 Å². The molecule has 3 saturated heterocycles. The van der Waals surface area contributed by atoms with Gasteiger partial charge in [0.1, 0.15) is 6.04 Å². The summed E-state index contributed by atoms with van der Waals surface area (Å²) >= 11 is 0. The van der Waals surface area contributed by atoms with Crippen LogP contribution in [0.15, 0.2) is 67.2 Å². The SMILES string of the molecule is C=C1c2cc3c(cc2C(=O)N1C1CCC(=O)NC1=O)CN(CC(=O)N1CCC2(CC1)CCN(c1ccc(C4c5[nH]c6ccccc6c5C[C@@H](C)N4CC(F)F)cc1)CC2)C3. The number of halogens is 2. The predicted octanol–water partition coefficient (Wildman–Crippen LogP) is 6.23. The number of nitrogens with zero attached hydrogens (tertiary/aromatic N) is 5. The molecule has 0 radical (unpaired) electrons. The molecule has 10 rings (SSSR count). The molecule has 0 bridgehead atoms. The van der Waals surface area contributed by atoms with Crippen molar-refractivity contribution in [3.05, 3.63) is 106 Å². The van der Waals surface area contributed by atoms with Gasteiger partial charge >= 0.3 is 0 Å². The van der Waals surface area contributed by atoms with Gasteiger partial charge in [0, 0.05) is 90.8 Å². The van der Waals surface area contributed by atoms with Crippen LogP contribution in [0, 0.1) is 5.41 Å². The Hall–Kier alpha value is -5.40. The molecule has 4 amide bonds. The number of carbonyl (C=O) groups excluding carboxylic acids is 4. The molecule has 6 aliphatic rings. The number of hydrogen-bond acceptors (Lipinski definition) is 7. The summed E-state index contributed by atoms with van der Waals surface area (Å²) in [6.07, 6.45) is 2.86. The maximum absolute atomic E-state index is 13.9. The van der Waals surface area contributed by atoms with E-state index in [0.29, 0.717) is 36.5 Å². The van der Waals surface area contributed by atoms with E-state index >= 15 is 0 Å². The molecular weight excluding hydrogens is 765 g/mol. The second-order valence-electron chi connectivity index (χ2n) is 18.0. The topological polar surface area (TPSA) is 112 Å². The molecule has 7 heterocycles. The Balaban J connectivity index is 0.735. The summed E-state index contributed by atoms with van der Waals surface area (Å²) in [5, 5.41) is 3.51. The first-order valence-corrected chi connectivity index (χ1v) is 21.5. The number of aromatic nitrogens is 1. The number of H-pyrrole nitrogens is 1. The number of alkyl halides is 2. The van der Waals surface area contributed by atoms with Gasteiger partial charge in [-0.25, -0.2) is 8.78 Å². The number of amides is 4. The zero-order valence-electron chi connectivity index (χ0n) is 34.0. The molecule has 312 valence electrons. The second-order valence-corrected chi connectivity index (χ2v) is 18.0. The van der Waals surface area contributed by atoms with E-state index in [1.807, 2.05) is 34.1 Å². The molecule has 13 heteroatoms. The van der Waals surface area contributed by atoms with E-state index in [-0.39, 0.29) is 54.6 Å². The van der Waals surface area contributed by atoms with Crippen LogP contribution in [0.5, 0.6) is 0 Å². The monoisotopic (exact) mass is 815 g/mol. The van der Waals surface area contributed by atoms with Crippen LogP contribution >= 0.6 is 0 Å². The van der Waals surface area contributed by atoms with Crippen molar-refractivity contribution < 1.29 is 28.0 Å². The lowest BCUT2D eigenvalue weighted by Crippen LogP contribution is -2.52. The van der Waals surface area contributed by atoms with Gasteiger partial charge in [0.15, 0.2) is 0 Å². The fourth-order valence-corrected chi connectivity index (χ4v) is 11.1. The molecule has 2 unspecified atom stereocenters. The van der Waals surface area contributed by atoms with Crippen molar-refractivity contribution in [2.75, 3.05) is 44.2 Å². The van der Waals surface area contributed by atoms with E-state index in [2.05, 4.69) is 70.0 Å². The predicted molar refractivity (Wildman–Crippen MR) is 224 cm³/mol. The van der Waals surface area contributed by atoms with Crippen molar-refractivity contribution in [3.8, 4) is 0 Å². The minimum absolute atomic E-state index is 0.0220. The smallest absolute Gasteiger partial charge is 0.259 e. The number of para-hydroxylation sites is 1. The molecule has 11 nitrogen and oxygen atoms in total. The van der Waals surface area contributed by atoms with Crippen molar-refractivity contribution in [1.29, 1.82) is 0 Å². The highest BCUT2D eigenvalue weighted by atomic mass is 19.3. The number of likely N-dealkylation sites (tertiary alicyclic amines) is 1.